The Kier molecular flexibility index (Phi) is 3.48. The predicted octanol–water partition coefficient (Wildman–Crippen LogP) is 1.44. The van der Waals surface area contributed by atoms with Crippen molar-refractivity contribution >= 4 is 5.69 Å². The van der Waals surface area contributed by atoms with Crippen molar-refractivity contribution in [1.82, 2.24) is 20.2 Å². The highest BCUT2D eigenvalue weighted by Gasteiger charge is 2.27. The van der Waals surface area contributed by atoms with Gasteiger partial charge in [0, 0.05) is 12.8 Å². The topological polar surface area (TPSA) is 78.8 Å². The quantitative estimate of drug-likeness (QED) is 0.846. The molecule has 0 aliphatic carbocycles. The predicted molar refractivity (Wildman–Crippen MR) is 68.8 cm³/mol. The first-order chi connectivity index (χ1) is 8.95. The molecule has 0 atom stereocenters. The van der Waals surface area contributed by atoms with Crippen molar-refractivity contribution in [2.45, 2.75) is 19.4 Å². The summed E-state index contributed by atoms with van der Waals surface area (Å²) in [7, 11) is 1.59. The minimum atomic E-state index is -0.495. The third-order valence-electron chi connectivity index (χ3n) is 2.77. The van der Waals surface area contributed by atoms with Gasteiger partial charge in [-0.2, -0.15) is 0 Å². The molecular formula is C12H16FN5O. The van der Waals surface area contributed by atoms with Crippen LogP contribution in [0.25, 0.3) is 11.4 Å². The number of tetrazole rings is 1. The Hall–Kier alpha value is -2.02. The van der Waals surface area contributed by atoms with Gasteiger partial charge >= 0.3 is 0 Å². The summed E-state index contributed by atoms with van der Waals surface area (Å²) in [5, 5.41) is 11.4. The summed E-state index contributed by atoms with van der Waals surface area (Å²) in [6.07, 6.45) is 0. The molecule has 102 valence electrons. The van der Waals surface area contributed by atoms with Crippen LogP contribution in [0.4, 0.5) is 10.1 Å². The summed E-state index contributed by atoms with van der Waals surface area (Å²) < 4.78 is 20.6. The smallest absolute Gasteiger partial charge is 0.185 e. The van der Waals surface area contributed by atoms with E-state index in [4.69, 9.17) is 10.5 Å². The molecule has 0 saturated carbocycles. The van der Waals surface area contributed by atoms with Gasteiger partial charge in [0.2, 0.25) is 0 Å². The van der Waals surface area contributed by atoms with E-state index in [1.165, 1.54) is 22.9 Å². The maximum absolute atomic E-state index is 13.9. The first-order valence-electron chi connectivity index (χ1n) is 5.79. The van der Waals surface area contributed by atoms with Crippen molar-refractivity contribution in [2.75, 3.05) is 19.5 Å². The summed E-state index contributed by atoms with van der Waals surface area (Å²) in [4.78, 5) is 0. The highest BCUT2D eigenvalue weighted by atomic mass is 19.1. The number of anilines is 1. The van der Waals surface area contributed by atoms with Crippen LogP contribution in [0.3, 0.4) is 0 Å². The number of nitrogens with two attached hydrogens (primary N) is 1. The third-order valence-corrected chi connectivity index (χ3v) is 2.77. The molecule has 0 saturated heterocycles. The van der Waals surface area contributed by atoms with Crippen molar-refractivity contribution in [3.63, 3.8) is 0 Å². The number of methoxy groups -OCH3 is 1. The average Bonchev–Trinajstić information content (AvgIpc) is 2.82. The number of hydrogen-bond donors (Lipinski definition) is 1. The average molecular weight is 265 g/mol. The van der Waals surface area contributed by atoms with E-state index in [2.05, 4.69) is 15.5 Å². The number of halogens is 1. The largest absolute Gasteiger partial charge is 0.399 e. The Bertz CT molecular complexity index is 581. The van der Waals surface area contributed by atoms with Crippen LogP contribution >= 0.6 is 0 Å². The molecule has 0 aliphatic rings. The SMILES string of the molecule is COCC(C)(C)n1nnnc1-c1cc(N)ccc1F. The van der Waals surface area contributed by atoms with E-state index in [0.29, 0.717) is 18.1 Å². The molecule has 2 N–H and O–H groups in total. The molecule has 6 nitrogen and oxygen atoms in total. The van der Waals surface area contributed by atoms with Crippen LogP contribution in [0, 0.1) is 5.82 Å². The standard InChI is InChI=1S/C12H16FN5O/c1-12(2,7-19-3)18-11(15-16-17-18)9-6-8(14)4-5-10(9)13/h4-6H,7,14H2,1-3H3. The lowest BCUT2D eigenvalue weighted by atomic mass is 10.1. The second-order valence-corrected chi connectivity index (χ2v) is 4.90. The van der Waals surface area contributed by atoms with E-state index in [-0.39, 0.29) is 5.56 Å². The first-order valence-corrected chi connectivity index (χ1v) is 5.79. The number of nitrogen functional groups attached to an aromatic ring is 1. The summed E-state index contributed by atoms with van der Waals surface area (Å²) in [6.45, 7) is 4.20. The zero-order chi connectivity index (χ0) is 14.0. The molecule has 19 heavy (non-hydrogen) atoms. The minimum Gasteiger partial charge on any atom is -0.399 e. The Morgan fingerprint density at radius 1 is 1.42 bits per heavy atom. The molecule has 0 amide bonds. The van der Waals surface area contributed by atoms with E-state index >= 15 is 0 Å². The van der Waals surface area contributed by atoms with Crippen LogP contribution in [-0.4, -0.2) is 33.9 Å². The number of hydrogen-bond acceptors (Lipinski definition) is 5. The molecule has 1 heterocycles. The summed E-state index contributed by atoms with van der Waals surface area (Å²) in [6, 6.07) is 4.31. The van der Waals surface area contributed by atoms with E-state index in [9.17, 15) is 4.39 Å². The molecule has 0 radical (unpaired) electrons. The van der Waals surface area contributed by atoms with Crippen molar-refractivity contribution in [1.29, 1.82) is 0 Å². The zero-order valence-corrected chi connectivity index (χ0v) is 11.1. The number of aromatic nitrogens is 4. The third kappa shape index (κ3) is 2.55. The molecular weight excluding hydrogens is 249 g/mol. The van der Waals surface area contributed by atoms with Crippen LogP contribution < -0.4 is 5.73 Å². The van der Waals surface area contributed by atoms with Crippen LogP contribution in [0.1, 0.15) is 13.8 Å². The highest BCUT2D eigenvalue weighted by molar-refractivity contribution is 5.61. The van der Waals surface area contributed by atoms with Gasteiger partial charge in [-0.1, -0.05) is 0 Å². The second-order valence-electron chi connectivity index (χ2n) is 4.90. The monoisotopic (exact) mass is 265 g/mol. The van der Waals surface area contributed by atoms with Gasteiger partial charge in [0.25, 0.3) is 0 Å². The van der Waals surface area contributed by atoms with Gasteiger partial charge in [-0.25, -0.2) is 9.07 Å². The highest BCUT2D eigenvalue weighted by Crippen LogP contribution is 2.26. The van der Waals surface area contributed by atoms with Crippen molar-refractivity contribution in [2.24, 2.45) is 0 Å². The van der Waals surface area contributed by atoms with Gasteiger partial charge in [0.15, 0.2) is 5.82 Å². The molecule has 0 unspecified atom stereocenters. The molecule has 0 bridgehead atoms. The minimum absolute atomic E-state index is 0.272. The van der Waals surface area contributed by atoms with Gasteiger partial charge < -0.3 is 10.5 Å². The molecule has 7 heteroatoms. The molecule has 0 aliphatic heterocycles. The molecule has 0 fully saturated rings. The Morgan fingerprint density at radius 3 is 2.84 bits per heavy atom. The van der Waals surface area contributed by atoms with E-state index in [1.54, 1.807) is 7.11 Å². The normalized spacial score (nSPS) is 11.8. The molecule has 1 aromatic carbocycles. The van der Waals surface area contributed by atoms with Gasteiger partial charge in [0.05, 0.1) is 17.7 Å². The van der Waals surface area contributed by atoms with Gasteiger partial charge in [-0.05, 0) is 42.5 Å². The van der Waals surface area contributed by atoms with E-state index in [1.807, 2.05) is 13.8 Å². The maximum Gasteiger partial charge on any atom is 0.185 e. The Labute approximate surface area is 110 Å². The van der Waals surface area contributed by atoms with Crippen molar-refractivity contribution < 1.29 is 9.13 Å². The lowest BCUT2D eigenvalue weighted by Crippen LogP contribution is -2.33. The maximum atomic E-state index is 13.9. The number of rotatable bonds is 4. The summed E-state index contributed by atoms with van der Waals surface area (Å²) in [5.41, 5.74) is 5.91. The molecule has 1 aromatic heterocycles. The summed E-state index contributed by atoms with van der Waals surface area (Å²) >= 11 is 0. The van der Waals surface area contributed by atoms with Crippen molar-refractivity contribution in [3.05, 3.63) is 24.0 Å². The van der Waals surface area contributed by atoms with Crippen LogP contribution in [0.15, 0.2) is 18.2 Å². The van der Waals surface area contributed by atoms with E-state index in [0.717, 1.165) is 0 Å². The van der Waals surface area contributed by atoms with Crippen LogP contribution in [0.2, 0.25) is 0 Å². The number of benzene rings is 1. The number of nitrogens with zero attached hydrogens (tertiary/aromatic N) is 4. The molecule has 0 spiro atoms. The van der Waals surface area contributed by atoms with E-state index < -0.39 is 11.4 Å². The first kappa shape index (κ1) is 13.4. The lowest BCUT2D eigenvalue weighted by molar-refractivity contribution is 0.101. The van der Waals surface area contributed by atoms with Gasteiger partial charge in [-0.15, -0.1) is 5.10 Å². The zero-order valence-electron chi connectivity index (χ0n) is 11.1. The molecule has 2 aromatic rings. The van der Waals surface area contributed by atoms with Gasteiger partial charge in [-0.3, -0.25) is 0 Å². The summed E-state index contributed by atoms with van der Waals surface area (Å²) in [5.74, 6) is -0.0923. The second kappa shape index (κ2) is 4.93. The fourth-order valence-corrected chi connectivity index (χ4v) is 1.89. The Morgan fingerprint density at radius 2 is 2.16 bits per heavy atom. The van der Waals surface area contributed by atoms with Crippen LogP contribution in [0.5, 0.6) is 0 Å². The fraction of sp³-hybridized carbons (Fsp3) is 0.417. The number of ether oxygens (including phenoxy) is 1. The Balaban J connectivity index is 2.53. The molecule has 2 rings (SSSR count). The van der Waals surface area contributed by atoms with Crippen molar-refractivity contribution in [3.8, 4) is 11.4 Å². The fourth-order valence-electron chi connectivity index (χ4n) is 1.89. The van der Waals surface area contributed by atoms with Crippen LogP contribution in [-0.2, 0) is 10.3 Å². The lowest BCUT2D eigenvalue weighted by Gasteiger charge is -2.24. The van der Waals surface area contributed by atoms with Gasteiger partial charge in [0.1, 0.15) is 5.82 Å².